The van der Waals surface area contributed by atoms with Crippen LogP contribution in [0.2, 0.25) is 0 Å². The van der Waals surface area contributed by atoms with Gasteiger partial charge in [-0.1, -0.05) is 29.4 Å². The molecule has 1 aliphatic heterocycles. The van der Waals surface area contributed by atoms with E-state index >= 15 is 0 Å². The number of hydrogen-bond donors (Lipinski definition) is 0. The highest BCUT2D eigenvalue weighted by Crippen LogP contribution is 2.40. The van der Waals surface area contributed by atoms with Crippen molar-refractivity contribution in [2.75, 3.05) is 20.3 Å². The van der Waals surface area contributed by atoms with E-state index in [2.05, 4.69) is 39.0 Å². The summed E-state index contributed by atoms with van der Waals surface area (Å²) >= 11 is 0. The van der Waals surface area contributed by atoms with E-state index in [1.165, 1.54) is 11.1 Å². The van der Waals surface area contributed by atoms with E-state index < -0.39 is 5.79 Å². The summed E-state index contributed by atoms with van der Waals surface area (Å²) in [5, 5.41) is 0. The molecule has 1 heterocycles. The van der Waals surface area contributed by atoms with Gasteiger partial charge in [0.25, 0.3) is 0 Å². The van der Waals surface area contributed by atoms with E-state index in [9.17, 15) is 0 Å². The zero-order chi connectivity index (χ0) is 14.6. The zero-order valence-corrected chi connectivity index (χ0v) is 13.0. The maximum atomic E-state index is 5.84. The Hall–Kier alpha value is -0.900. The van der Waals surface area contributed by atoms with Crippen LogP contribution in [-0.4, -0.2) is 32.2 Å². The van der Waals surface area contributed by atoms with Crippen molar-refractivity contribution in [3.63, 3.8) is 0 Å². The van der Waals surface area contributed by atoms with E-state index in [0.717, 1.165) is 12.8 Å². The molecule has 112 valence electrons. The van der Waals surface area contributed by atoms with Crippen molar-refractivity contribution in [2.45, 2.75) is 45.5 Å². The van der Waals surface area contributed by atoms with Crippen LogP contribution in [0.4, 0.5) is 0 Å². The fourth-order valence-electron chi connectivity index (χ4n) is 2.84. The normalized spacial score (nSPS) is 28.3. The first kappa shape index (κ1) is 15.5. The molecule has 3 nitrogen and oxygen atoms in total. The minimum Gasteiger partial charge on any atom is -0.377 e. The Morgan fingerprint density at radius 1 is 1.30 bits per heavy atom. The Labute approximate surface area is 122 Å². The van der Waals surface area contributed by atoms with Gasteiger partial charge in [-0.05, 0) is 39.7 Å². The molecule has 1 aliphatic carbocycles. The van der Waals surface area contributed by atoms with E-state index in [1.54, 1.807) is 7.11 Å². The summed E-state index contributed by atoms with van der Waals surface area (Å²) in [7, 11) is 1.74. The molecule has 0 saturated carbocycles. The molecule has 0 aromatic carbocycles. The molecule has 0 aromatic rings. The van der Waals surface area contributed by atoms with Crippen LogP contribution >= 0.6 is 0 Å². The molecule has 1 fully saturated rings. The second-order valence-electron chi connectivity index (χ2n) is 5.84. The van der Waals surface area contributed by atoms with Gasteiger partial charge < -0.3 is 14.2 Å². The van der Waals surface area contributed by atoms with Crippen LogP contribution in [0.15, 0.2) is 35.5 Å². The molecule has 3 heteroatoms. The summed E-state index contributed by atoms with van der Waals surface area (Å²) in [6.45, 7) is 7.75. The molecule has 0 amide bonds. The SMILES string of the molecule is CO[C@@H]1C=CC2(OCCO2)[C@@H]1/C=C(\C)CCC=C(C)C. The highest BCUT2D eigenvalue weighted by atomic mass is 16.7. The van der Waals surface area contributed by atoms with Crippen molar-refractivity contribution in [1.82, 2.24) is 0 Å². The van der Waals surface area contributed by atoms with E-state index in [0.29, 0.717) is 13.2 Å². The Morgan fingerprint density at radius 3 is 2.60 bits per heavy atom. The Morgan fingerprint density at radius 2 is 2.00 bits per heavy atom. The molecule has 1 saturated heterocycles. The molecule has 0 N–H and O–H groups in total. The van der Waals surface area contributed by atoms with Crippen molar-refractivity contribution >= 4 is 0 Å². The van der Waals surface area contributed by atoms with Crippen molar-refractivity contribution in [1.29, 1.82) is 0 Å². The lowest BCUT2D eigenvalue weighted by Gasteiger charge is -2.29. The van der Waals surface area contributed by atoms with Crippen LogP contribution in [0.1, 0.15) is 33.6 Å². The molecule has 20 heavy (non-hydrogen) atoms. The molecule has 2 aliphatic rings. The van der Waals surface area contributed by atoms with Gasteiger partial charge in [0.05, 0.1) is 25.2 Å². The molecular formula is C17H26O3. The quantitative estimate of drug-likeness (QED) is 0.719. The lowest BCUT2D eigenvalue weighted by atomic mass is 9.95. The van der Waals surface area contributed by atoms with Crippen molar-refractivity contribution in [3.05, 3.63) is 35.5 Å². The first-order valence-electron chi connectivity index (χ1n) is 7.38. The number of rotatable bonds is 5. The number of ether oxygens (including phenoxy) is 3. The Balaban J connectivity index is 2.05. The highest BCUT2D eigenvalue weighted by molar-refractivity contribution is 5.23. The zero-order valence-electron chi connectivity index (χ0n) is 13.0. The molecule has 2 rings (SSSR count). The third-order valence-corrected chi connectivity index (χ3v) is 3.90. The minimum absolute atomic E-state index is 0.0338. The molecule has 1 spiro atoms. The van der Waals surface area contributed by atoms with E-state index in [1.807, 2.05) is 6.08 Å². The highest BCUT2D eigenvalue weighted by Gasteiger charge is 2.48. The van der Waals surface area contributed by atoms with Gasteiger partial charge in [-0.3, -0.25) is 0 Å². The summed E-state index contributed by atoms with van der Waals surface area (Å²) in [5.74, 6) is -0.486. The van der Waals surface area contributed by atoms with Gasteiger partial charge in [0.15, 0.2) is 5.79 Å². The first-order chi connectivity index (χ1) is 9.57. The average molecular weight is 278 g/mol. The summed E-state index contributed by atoms with van der Waals surface area (Å²) in [6.07, 6.45) is 10.8. The second-order valence-corrected chi connectivity index (χ2v) is 5.84. The summed E-state index contributed by atoms with van der Waals surface area (Å²) in [5.41, 5.74) is 2.73. The Bertz CT molecular complexity index is 410. The predicted octanol–water partition coefficient (Wildman–Crippen LogP) is 3.62. The summed E-state index contributed by atoms with van der Waals surface area (Å²) in [4.78, 5) is 0. The number of methoxy groups -OCH3 is 1. The van der Waals surface area contributed by atoms with Crippen molar-refractivity contribution in [3.8, 4) is 0 Å². The van der Waals surface area contributed by atoms with Gasteiger partial charge in [0.2, 0.25) is 0 Å². The molecule has 0 unspecified atom stereocenters. The molecule has 0 bridgehead atoms. The first-order valence-corrected chi connectivity index (χ1v) is 7.38. The van der Waals surface area contributed by atoms with Crippen LogP contribution in [0.3, 0.4) is 0 Å². The summed E-state index contributed by atoms with van der Waals surface area (Å²) < 4.78 is 17.2. The molecule has 0 aromatic heterocycles. The topological polar surface area (TPSA) is 27.7 Å². The van der Waals surface area contributed by atoms with E-state index in [4.69, 9.17) is 14.2 Å². The van der Waals surface area contributed by atoms with Crippen LogP contribution in [0.25, 0.3) is 0 Å². The van der Waals surface area contributed by atoms with Gasteiger partial charge in [-0.15, -0.1) is 0 Å². The number of allylic oxidation sites excluding steroid dienone is 3. The van der Waals surface area contributed by atoms with Gasteiger partial charge in [-0.2, -0.15) is 0 Å². The standard InChI is InChI=1S/C17H26O3/c1-13(2)6-5-7-14(3)12-15-16(18-4)8-9-17(15)19-10-11-20-17/h6,8-9,12,15-16H,5,7,10-11H2,1-4H3/b14-12+/t15-,16-/m1/s1. The van der Waals surface area contributed by atoms with Crippen molar-refractivity contribution in [2.24, 2.45) is 5.92 Å². The summed E-state index contributed by atoms with van der Waals surface area (Å²) in [6, 6.07) is 0. The number of hydrogen-bond acceptors (Lipinski definition) is 3. The Kier molecular flexibility index (Phi) is 5.19. The van der Waals surface area contributed by atoms with Gasteiger partial charge in [-0.25, -0.2) is 0 Å². The molecule has 0 radical (unpaired) electrons. The predicted molar refractivity (Wildman–Crippen MR) is 80.5 cm³/mol. The third kappa shape index (κ3) is 3.40. The fourth-order valence-corrected chi connectivity index (χ4v) is 2.84. The molecule has 2 atom stereocenters. The van der Waals surface area contributed by atoms with Crippen LogP contribution in [-0.2, 0) is 14.2 Å². The van der Waals surface area contributed by atoms with Crippen LogP contribution in [0.5, 0.6) is 0 Å². The minimum atomic E-state index is -0.599. The maximum absolute atomic E-state index is 5.84. The van der Waals surface area contributed by atoms with Crippen molar-refractivity contribution < 1.29 is 14.2 Å². The lowest BCUT2D eigenvalue weighted by molar-refractivity contribution is -0.154. The van der Waals surface area contributed by atoms with Crippen LogP contribution < -0.4 is 0 Å². The maximum Gasteiger partial charge on any atom is 0.197 e. The van der Waals surface area contributed by atoms with Gasteiger partial charge in [0, 0.05) is 7.11 Å². The largest absolute Gasteiger partial charge is 0.377 e. The van der Waals surface area contributed by atoms with E-state index in [-0.39, 0.29) is 12.0 Å². The van der Waals surface area contributed by atoms with Gasteiger partial charge >= 0.3 is 0 Å². The smallest absolute Gasteiger partial charge is 0.197 e. The third-order valence-electron chi connectivity index (χ3n) is 3.90. The second kappa shape index (κ2) is 6.70. The monoisotopic (exact) mass is 278 g/mol. The molecular weight excluding hydrogens is 252 g/mol. The fraction of sp³-hybridized carbons (Fsp3) is 0.647. The lowest BCUT2D eigenvalue weighted by Crippen LogP contribution is -2.38. The van der Waals surface area contributed by atoms with Crippen LogP contribution in [0, 0.1) is 5.92 Å². The average Bonchev–Trinajstić information content (AvgIpc) is 2.99. The van der Waals surface area contributed by atoms with Gasteiger partial charge in [0.1, 0.15) is 0 Å².